The summed E-state index contributed by atoms with van der Waals surface area (Å²) >= 11 is 5.64. The van der Waals surface area contributed by atoms with Gasteiger partial charge in [-0.05, 0) is 13.8 Å². The lowest BCUT2D eigenvalue weighted by Crippen LogP contribution is -1.97. The lowest BCUT2D eigenvalue weighted by Gasteiger charge is -1.96. The van der Waals surface area contributed by atoms with Gasteiger partial charge in [0.05, 0.1) is 18.2 Å². The van der Waals surface area contributed by atoms with Crippen molar-refractivity contribution in [3.63, 3.8) is 0 Å². The van der Waals surface area contributed by atoms with Gasteiger partial charge in [-0.2, -0.15) is 10.4 Å². The Hall–Kier alpha value is -1.01. The number of nitriles is 1. The van der Waals surface area contributed by atoms with Gasteiger partial charge < -0.3 is 0 Å². The lowest BCUT2D eigenvalue weighted by atomic mass is 10.1. The second-order valence-electron chi connectivity index (χ2n) is 2.60. The van der Waals surface area contributed by atoms with Gasteiger partial charge in [-0.3, -0.25) is 4.68 Å². The van der Waals surface area contributed by atoms with E-state index in [4.69, 9.17) is 16.9 Å². The molecule has 0 aliphatic heterocycles. The monoisotopic (exact) mass is 183 g/mol. The van der Waals surface area contributed by atoms with Crippen molar-refractivity contribution in [1.29, 1.82) is 5.26 Å². The van der Waals surface area contributed by atoms with Crippen LogP contribution >= 0.6 is 11.6 Å². The third-order valence-corrected chi connectivity index (χ3v) is 2.13. The summed E-state index contributed by atoms with van der Waals surface area (Å²) in [6.45, 7) is 3.82. The van der Waals surface area contributed by atoms with Crippen LogP contribution in [0.2, 0.25) is 0 Å². The Kier molecular flexibility index (Phi) is 2.72. The fourth-order valence-corrected chi connectivity index (χ4v) is 1.42. The minimum Gasteiger partial charge on any atom is -0.254 e. The highest BCUT2D eigenvalue weighted by Crippen LogP contribution is 2.13. The van der Waals surface area contributed by atoms with Crippen molar-refractivity contribution in [1.82, 2.24) is 9.78 Å². The number of nitrogens with zero attached hydrogens (tertiary/aromatic N) is 3. The van der Waals surface area contributed by atoms with Crippen LogP contribution in [0.25, 0.3) is 0 Å². The number of aromatic nitrogens is 2. The summed E-state index contributed by atoms with van der Waals surface area (Å²) in [4.78, 5) is 0. The summed E-state index contributed by atoms with van der Waals surface area (Å²) in [5.41, 5.74) is 2.89. The Balaban J connectivity index is 3.11. The quantitative estimate of drug-likeness (QED) is 0.656. The Morgan fingerprint density at radius 1 is 1.58 bits per heavy atom. The molecule has 0 aliphatic carbocycles. The third kappa shape index (κ3) is 1.44. The highest BCUT2D eigenvalue weighted by atomic mass is 35.5. The molecule has 64 valence electrons. The van der Waals surface area contributed by atoms with Crippen molar-refractivity contribution in [3.05, 3.63) is 17.0 Å². The number of hydrogen-bond donors (Lipinski definition) is 0. The molecule has 0 atom stereocenters. The van der Waals surface area contributed by atoms with Crippen molar-refractivity contribution < 1.29 is 0 Å². The summed E-state index contributed by atoms with van der Waals surface area (Å²) in [6, 6.07) is 2.45. The molecule has 0 saturated carbocycles. The molecule has 0 fully saturated rings. The van der Waals surface area contributed by atoms with E-state index in [1.165, 1.54) is 0 Å². The van der Waals surface area contributed by atoms with Crippen molar-refractivity contribution in [2.75, 3.05) is 0 Å². The molecule has 0 radical (unpaired) electrons. The van der Waals surface area contributed by atoms with Gasteiger partial charge in [0.15, 0.2) is 0 Å². The van der Waals surface area contributed by atoms with Crippen LogP contribution in [0.4, 0.5) is 0 Å². The molecule has 4 heteroatoms. The Labute approximate surface area is 76.6 Å². The minimum atomic E-state index is 0.345. The lowest BCUT2D eigenvalue weighted by molar-refractivity contribution is 0.709. The molecular formula is C8H10ClN3. The molecule has 12 heavy (non-hydrogen) atoms. The summed E-state index contributed by atoms with van der Waals surface area (Å²) in [6.07, 6.45) is 0.411. The van der Waals surface area contributed by atoms with E-state index in [1.807, 2.05) is 13.8 Å². The molecule has 1 rings (SSSR count). The normalized spacial score (nSPS) is 9.83. The molecule has 1 aromatic rings. The van der Waals surface area contributed by atoms with Gasteiger partial charge >= 0.3 is 0 Å². The molecule has 0 saturated heterocycles. The Bertz CT molecular complexity index is 322. The first-order valence-corrected chi connectivity index (χ1v) is 4.20. The molecule has 1 aromatic heterocycles. The SMILES string of the molecule is Cc1nn(CCl)c(C)c1CC#N. The third-order valence-electron chi connectivity index (χ3n) is 1.90. The second-order valence-corrected chi connectivity index (χ2v) is 2.84. The second kappa shape index (κ2) is 3.59. The Morgan fingerprint density at radius 3 is 2.67 bits per heavy atom. The topological polar surface area (TPSA) is 41.6 Å². The standard InChI is InChI=1S/C8H10ClN3/c1-6-8(3-4-10)7(2)12(5-9)11-6/h3,5H2,1-2H3. The summed E-state index contributed by atoms with van der Waals surface area (Å²) in [5, 5.41) is 12.7. The van der Waals surface area contributed by atoms with E-state index in [1.54, 1.807) is 4.68 Å². The van der Waals surface area contributed by atoms with E-state index in [0.717, 1.165) is 17.0 Å². The average molecular weight is 184 g/mol. The molecular weight excluding hydrogens is 174 g/mol. The van der Waals surface area contributed by atoms with Crippen molar-refractivity contribution in [3.8, 4) is 6.07 Å². The van der Waals surface area contributed by atoms with Gasteiger partial charge in [-0.15, -0.1) is 11.6 Å². The molecule has 0 N–H and O–H groups in total. The fraction of sp³-hybridized carbons (Fsp3) is 0.500. The van der Waals surface area contributed by atoms with Crippen LogP contribution in [-0.2, 0) is 12.4 Å². The zero-order chi connectivity index (χ0) is 9.14. The van der Waals surface area contributed by atoms with Crippen molar-refractivity contribution in [2.45, 2.75) is 26.3 Å². The predicted molar refractivity (Wildman–Crippen MR) is 46.9 cm³/mol. The molecule has 0 aromatic carbocycles. The highest BCUT2D eigenvalue weighted by Gasteiger charge is 2.09. The first-order valence-electron chi connectivity index (χ1n) is 3.66. The van der Waals surface area contributed by atoms with Gasteiger partial charge in [0, 0.05) is 11.3 Å². The number of aryl methyl sites for hydroxylation is 1. The number of halogens is 1. The molecule has 0 bridgehead atoms. The Morgan fingerprint density at radius 2 is 2.25 bits per heavy atom. The fourth-order valence-electron chi connectivity index (χ4n) is 1.19. The average Bonchev–Trinajstić information content (AvgIpc) is 2.32. The van der Waals surface area contributed by atoms with Crippen LogP contribution in [0, 0.1) is 25.2 Å². The number of alkyl halides is 1. The van der Waals surface area contributed by atoms with E-state index < -0.39 is 0 Å². The summed E-state index contributed by atoms with van der Waals surface area (Å²) < 4.78 is 1.70. The van der Waals surface area contributed by atoms with E-state index in [0.29, 0.717) is 12.4 Å². The minimum absolute atomic E-state index is 0.345. The zero-order valence-corrected chi connectivity index (χ0v) is 7.89. The van der Waals surface area contributed by atoms with Crippen LogP contribution < -0.4 is 0 Å². The predicted octanol–water partition coefficient (Wildman–Crippen LogP) is 1.76. The van der Waals surface area contributed by atoms with Crippen LogP contribution in [-0.4, -0.2) is 9.78 Å². The van der Waals surface area contributed by atoms with Crippen molar-refractivity contribution in [2.24, 2.45) is 0 Å². The molecule has 0 aliphatic rings. The van der Waals surface area contributed by atoms with Crippen LogP contribution in [0.15, 0.2) is 0 Å². The molecule has 0 spiro atoms. The largest absolute Gasteiger partial charge is 0.254 e. The van der Waals surface area contributed by atoms with E-state index >= 15 is 0 Å². The maximum Gasteiger partial charge on any atom is 0.115 e. The summed E-state index contributed by atoms with van der Waals surface area (Å²) in [7, 11) is 0. The highest BCUT2D eigenvalue weighted by molar-refractivity contribution is 6.15. The molecule has 0 unspecified atom stereocenters. The first kappa shape index (κ1) is 9.08. The van der Waals surface area contributed by atoms with Gasteiger partial charge in [0.2, 0.25) is 0 Å². The van der Waals surface area contributed by atoms with Crippen LogP contribution in [0.1, 0.15) is 17.0 Å². The van der Waals surface area contributed by atoms with Crippen LogP contribution in [0.5, 0.6) is 0 Å². The van der Waals surface area contributed by atoms with Gasteiger partial charge in [0.25, 0.3) is 0 Å². The number of rotatable bonds is 2. The van der Waals surface area contributed by atoms with Gasteiger partial charge in [-0.1, -0.05) is 0 Å². The summed E-state index contributed by atoms with van der Waals surface area (Å²) in [5.74, 6) is 0. The zero-order valence-electron chi connectivity index (χ0n) is 7.13. The van der Waals surface area contributed by atoms with E-state index in [9.17, 15) is 0 Å². The van der Waals surface area contributed by atoms with E-state index in [-0.39, 0.29) is 0 Å². The number of hydrogen-bond acceptors (Lipinski definition) is 2. The molecule has 1 heterocycles. The first-order chi connectivity index (χ1) is 5.70. The maximum atomic E-state index is 8.53. The van der Waals surface area contributed by atoms with Gasteiger partial charge in [0.1, 0.15) is 6.00 Å². The smallest absolute Gasteiger partial charge is 0.115 e. The van der Waals surface area contributed by atoms with Crippen LogP contribution in [0.3, 0.4) is 0 Å². The van der Waals surface area contributed by atoms with Gasteiger partial charge in [-0.25, -0.2) is 0 Å². The molecule has 3 nitrogen and oxygen atoms in total. The maximum absolute atomic E-state index is 8.53. The van der Waals surface area contributed by atoms with Crippen molar-refractivity contribution >= 4 is 11.6 Å². The molecule has 0 amide bonds. The van der Waals surface area contributed by atoms with E-state index in [2.05, 4.69) is 11.2 Å².